The molecule has 13 nitrogen and oxygen atoms in total. The highest BCUT2D eigenvalue weighted by Gasteiger charge is 2.27. The molecule has 1 saturated heterocycles. The molecule has 52 heavy (non-hydrogen) atoms. The fraction of sp³-hybridized carbons (Fsp3) is 0.486. The molecule has 0 aromatic heterocycles. The first-order valence-electron chi connectivity index (χ1n) is 16.7. The molecule has 2 aromatic carbocycles. The van der Waals surface area contributed by atoms with Crippen LogP contribution >= 0.6 is 36.4 Å². The van der Waals surface area contributed by atoms with Crippen LogP contribution in [0.3, 0.4) is 0 Å². The fourth-order valence-electron chi connectivity index (χ4n) is 5.71. The molecule has 2 fully saturated rings. The molecular weight excluding hydrogens is 759 g/mol. The summed E-state index contributed by atoms with van der Waals surface area (Å²) < 4.78 is 49.0. The van der Waals surface area contributed by atoms with E-state index in [0.717, 1.165) is 62.3 Å². The number of aliphatic imine (C=N–C) groups is 1. The van der Waals surface area contributed by atoms with E-state index >= 15 is 0 Å². The first-order chi connectivity index (χ1) is 23.9. The summed E-state index contributed by atoms with van der Waals surface area (Å²) in [5, 5.41) is 0.241. The van der Waals surface area contributed by atoms with Crippen molar-refractivity contribution < 1.29 is 41.7 Å². The van der Waals surface area contributed by atoms with E-state index in [2.05, 4.69) is 16.9 Å². The highest BCUT2D eigenvalue weighted by atomic mass is 35.5. The molecule has 0 radical (unpaired) electrons. The maximum Gasteiger partial charge on any atom is 0.438 e. The van der Waals surface area contributed by atoms with E-state index in [0.29, 0.717) is 16.9 Å². The van der Waals surface area contributed by atoms with Crippen molar-refractivity contribution in [3.63, 3.8) is 0 Å². The van der Waals surface area contributed by atoms with E-state index in [1.165, 1.54) is 6.07 Å². The van der Waals surface area contributed by atoms with E-state index in [-0.39, 0.29) is 66.5 Å². The minimum atomic E-state index is -4.19. The Bertz CT molecular complexity index is 1660. The highest BCUT2D eigenvalue weighted by molar-refractivity contribution is 7.93. The summed E-state index contributed by atoms with van der Waals surface area (Å²) in [6.07, 6.45) is 8.50. The van der Waals surface area contributed by atoms with Crippen LogP contribution in [0.2, 0.25) is 5.02 Å². The molecule has 0 unspecified atom stereocenters. The number of esters is 2. The number of sulfonamides is 1. The van der Waals surface area contributed by atoms with Crippen LogP contribution in [0.4, 0.5) is 10.5 Å². The van der Waals surface area contributed by atoms with Crippen LogP contribution in [0, 0.1) is 5.92 Å². The number of rotatable bonds is 14. The number of benzene rings is 2. The second-order valence-corrected chi connectivity index (χ2v) is 14.5. The van der Waals surface area contributed by atoms with Crippen LogP contribution in [0.25, 0.3) is 6.08 Å². The Balaban J connectivity index is 0.00000468. The quantitative estimate of drug-likeness (QED) is 0.103. The molecule has 0 spiro atoms. The van der Waals surface area contributed by atoms with Gasteiger partial charge in [-0.15, -0.1) is 24.8 Å². The summed E-state index contributed by atoms with van der Waals surface area (Å²) in [5.41, 5.74) is 7.32. The monoisotopic (exact) mass is 804 g/mol. The van der Waals surface area contributed by atoms with E-state index in [4.69, 9.17) is 36.3 Å². The van der Waals surface area contributed by atoms with E-state index < -0.39 is 40.6 Å². The third kappa shape index (κ3) is 13.8. The Morgan fingerprint density at radius 3 is 2.38 bits per heavy atom. The van der Waals surface area contributed by atoms with Crippen LogP contribution in [-0.2, 0) is 33.8 Å². The van der Waals surface area contributed by atoms with Crippen molar-refractivity contribution in [3.05, 3.63) is 64.7 Å². The van der Waals surface area contributed by atoms with Gasteiger partial charge in [0, 0.05) is 18.7 Å². The van der Waals surface area contributed by atoms with Crippen LogP contribution in [-0.4, -0.2) is 89.1 Å². The molecule has 17 heteroatoms. The average molecular weight is 806 g/mol. The Morgan fingerprint density at radius 1 is 1.00 bits per heavy atom. The summed E-state index contributed by atoms with van der Waals surface area (Å²) >= 11 is 6.57. The molecule has 1 heterocycles. The molecule has 288 valence electrons. The highest BCUT2D eigenvalue weighted by Crippen LogP contribution is 2.33. The maximum atomic E-state index is 13.5. The van der Waals surface area contributed by atoms with Gasteiger partial charge in [-0.25, -0.2) is 13.2 Å². The predicted molar refractivity (Wildman–Crippen MR) is 205 cm³/mol. The van der Waals surface area contributed by atoms with Crippen LogP contribution < -0.4 is 14.8 Å². The Labute approximate surface area is 322 Å². The number of nitrogens with zero attached hydrogens (tertiary/aromatic N) is 3. The lowest BCUT2D eigenvalue weighted by Gasteiger charge is -2.30. The molecule has 1 aliphatic carbocycles. The van der Waals surface area contributed by atoms with Gasteiger partial charge >= 0.3 is 18.0 Å². The summed E-state index contributed by atoms with van der Waals surface area (Å²) in [6, 6.07) is 11.4. The van der Waals surface area contributed by atoms with Gasteiger partial charge in [0.05, 0.1) is 29.8 Å². The number of carbonyl (C=O) groups excluding carboxylic acids is 3. The van der Waals surface area contributed by atoms with Gasteiger partial charge in [0.1, 0.15) is 17.7 Å². The molecular formula is C35H47Cl3N4O9S. The number of halogens is 3. The molecule has 1 saturated carbocycles. The van der Waals surface area contributed by atoms with Crippen molar-refractivity contribution in [2.75, 3.05) is 50.1 Å². The number of amidine groups is 1. The summed E-state index contributed by atoms with van der Waals surface area (Å²) in [6.45, 7) is 2.74. The second-order valence-electron chi connectivity index (χ2n) is 12.2. The van der Waals surface area contributed by atoms with Crippen LogP contribution in [0.15, 0.2) is 53.5 Å². The van der Waals surface area contributed by atoms with Crippen molar-refractivity contribution in [2.45, 2.75) is 58.0 Å². The number of nitrogens with two attached hydrogens (primary N) is 1. The first kappa shape index (κ1) is 44.6. The topological polar surface area (TPSA) is 167 Å². The smallest absolute Gasteiger partial charge is 0.438 e. The minimum absolute atomic E-state index is 0. The lowest BCUT2D eigenvalue weighted by molar-refractivity contribution is -0.157. The summed E-state index contributed by atoms with van der Waals surface area (Å²) in [7, 11) is -2.13. The number of likely N-dealkylation sites (tertiary alicyclic amines) is 1. The van der Waals surface area contributed by atoms with Gasteiger partial charge in [-0.2, -0.15) is 4.99 Å². The number of hydrogen-bond donors (Lipinski definition) is 1. The zero-order valence-electron chi connectivity index (χ0n) is 29.2. The maximum absolute atomic E-state index is 13.5. The molecule has 0 atom stereocenters. The number of piperidine rings is 1. The Morgan fingerprint density at radius 2 is 1.71 bits per heavy atom. The van der Waals surface area contributed by atoms with Crippen molar-refractivity contribution >= 4 is 82.1 Å². The standard InChI is InChI=1S/C35H45ClN4O9S.2ClH/c1-3-46-32(41)23-50(44,45)40(28-14-15-31(30(36)22-28)49-29-16-19-39(2)20-17-29)18-8-10-25-9-7-13-27(21-25)33(37)38-35(43)48-24-47-34(42)26-11-5-4-6-12-26;;/h7-10,13-15,21-22,26,29H,3-6,11-12,16-20,23-24H2,1-2H3,(H2,37,38,43);2*1H/b10-8+;;. The molecule has 1 aliphatic heterocycles. The number of carbonyl (C=O) groups is 3. The summed E-state index contributed by atoms with van der Waals surface area (Å²) in [4.78, 5) is 42.5. The molecule has 4 rings (SSSR count). The number of hydrogen-bond acceptors (Lipinski definition) is 10. The molecule has 2 N–H and O–H groups in total. The first-order valence-corrected chi connectivity index (χ1v) is 18.7. The van der Waals surface area contributed by atoms with Crippen molar-refractivity contribution in [3.8, 4) is 5.75 Å². The van der Waals surface area contributed by atoms with Gasteiger partial charge in [0.2, 0.25) is 16.8 Å². The van der Waals surface area contributed by atoms with Gasteiger partial charge in [-0.05, 0) is 69.5 Å². The molecule has 0 bridgehead atoms. The van der Waals surface area contributed by atoms with Gasteiger partial charge < -0.3 is 29.6 Å². The Kier molecular flexibility index (Phi) is 18.7. The normalized spacial score (nSPS) is 15.9. The van der Waals surface area contributed by atoms with E-state index in [1.807, 2.05) is 0 Å². The average Bonchev–Trinajstić information content (AvgIpc) is 3.09. The lowest BCUT2D eigenvalue weighted by Crippen LogP contribution is -2.36. The van der Waals surface area contributed by atoms with Crippen LogP contribution in [0.5, 0.6) is 5.75 Å². The van der Waals surface area contributed by atoms with E-state index in [9.17, 15) is 22.8 Å². The van der Waals surface area contributed by atoms with Gasteiger partial charge in [-0.1, -0.05) is 61.2 Å². The van der Waals surface area contributed by atoms with Crippen molar-refractivity contribution in [1.82, 2.24) is 4.90 Å². The number of ether oxygens (including phenoxy) is 4. The third-order valence-corrected chi connectivity index (χ3v) is 10.3. The van der Waals surface area contributed by atoms with Gasteiger partial charge in [-0.3, -0.25) is 13.9 Å². The van der Waals surface area contributed by atoms with E-state index in [1.54, 1.807) is 55.5 Å². The van der Waals surface area contributed by atoms with Gasteiger partial charge in [0.25, 0.3) is 0 Å². The molecule has 2 aliphatic rings. The second kappa shape index (κ2) is 21.8. The molecule has 1 amide bonds. The third-order valence-electron chi connectivity index (χ3n) is 8.40. The largest absolute Gasteiger partial charge is 0.489 e. The Hall–Kier alpha value is -3.56. The predicted octanol–water partition coefficient (Wildman–Crippen LogP) is 5.99. The van der Waals surface area contributed by atoms with Crippen LogP contribution in [0.1, 0.15) is 63.0 Å². The number of anilines is 1. The van der Waals surface area contributed by atoms with Crippen molar-refractivity contribution in [2.24, 2.45) is 16.6 Å². The van der Waals surface area contributed by atoms with Crippen molar-refractivity contribution in [1.29, 1.82) is 0 Å². The number of amides is 1. The SMILES string of the molecule is CCOC(=O)CS(=O)(=O)N(C/C=C/c1cccc(/C(N)=N/C(=O)OCOC(=O)C2CCCCC2)c1)c1ccc(OC2CCN(C)CC2)c(Cl)c1.Cl.Cl. The minimum Gasteiger partial charge on any atom is -0.489 e. The lowest BCUT2D eigenvalue weighted by atomic mass is 9.89. The summed E-state index contributed by atoms with van der Waals surface area (Å²) in [5.74, 6) is -1.98. The zero-order valence-corrected chi connectivity index (χ0v) is 32.4. The molecule has 2 aromatic rings. The fourth-order valence-corrected chi connectivity index (χ4v) is 7.21. The van der Waals surface area contributed by atoms with Gasteiger partial charge in [0.15, 0.2) is 5.75 Å². The zero-order chi connectivity index (χ0) is 36.1.